The molecular formula is C16H12Cl2O2. The van der Waals surface area contributed by atoms with E-state index in [9.17, 15) is 9.59 Å². The number of hydrogen-bond acceptors (Lipinski definition) is 2. The van der Waals surface area contributed by atoms with Gasteiger partial charge in [0.2, 0.25) is 0 Å². The molecule has 102 valence electrons. The molecule has 0 atom stereocenters. The van der Waals surface area contributed by atoms with E-state index < -0.39 is 10.5 Å². The standard InChI is InChI=1S/C16H12Cl2O2/c1-9-5-3-7-11(15(17)19)13(9)14-10(2)6-4-8-12(14)16(18)20/h3-8H,1-2H3. The lowest BCUT2D eigenvalue weighted by Gasteiger charge is -2.15. The van der Waals surface area contributed by atoms with Crippen LogP contribution in [0.4, 0.5) is 0 Å². The van der Waals surface area contributed by atoms with Crippen LogP contribution in [0.2, 0.25) is 0 Å². The van der Waals surface area contributed by atoms with Gasteiger partial charge in [0, 0.05) is 11.1 Å². The highest BCUT2D eigenvalue weighted by Crippen LogP contribution is 2.34. The topological polar surface area (TPSA) is 34.1 Å². The molecule has 0 fully saturated rings. The van der Waals surface area contributed by atoms with Gasteiger partial charge in [0.1, 0.15) is 0 Å². The molecule has 2 aromatic carbocycles. The number of carbonyl (C=O) groups excluding carboxylic acids is 2. The molecule has 0 aliphatic heterocycles. The van der Waals surface area contributed by atoms with Crippen molar-refractivity contribution in [2.24, 2.45) is 0 Å². The number of benzene rings is 2. The van der Waals surface area contributed by atoms with Crippen LogP contribution in [0.15, 0.2) is 36.4 Å². The molecule has 2 aromatic rings. The second kappa shape index (κ2) is 5.78. The molecule has 0 aromatic heterocycles. The Hall–Kier alpha value is -1.64. The van der Waals surface area contributed by atoms with Crippen molar-refractivity contribution in [3.63, 3.8) is 0 Å². The van der Waals surface area contributed by atoms with E-state index in [4.69, 9.17) is 23.2 Å². The molecule has 0 unspecified atom stereocenters. The van der Waals surface area contributed by atoms with E-state index in [0.29, 0.717) is 22.3 Å². The zero-order valence-corrected chi connectivity index (χ0v) is 12.5. The molecule has 0 aliphatic carbocycles. The van der Waals surface area contributed by atoms with Gasteiger partial charge < -0.3 is 0 Å². The van der Waals surface area contributed by atoms with Crippen molar-refractivity contribution >= 4 is 33.7 Å². The Balaban J connectivity index is 2.88. The maximum Gasteiger partial charge on any atom is 0.253 e. The summed E-state index contributed by atoms with van der Waals surface area (Å²) in [5.74, 6) is 0. The van der Waals surface area contributed by atoms with E-state index in [2.05, 4.69) is 0 Å². The zero-order valence-electron chi connectivity index (χ0n) is 11.0. The van der Waals surface area contributed by atoms with Gasteiger partial charge in [0.05, 0.1) is 0 Å². The number of rotatable bonds is 3. The predicted molar refractivity (Wildman–Crippen MR) is 81.7 cm³/mol. The lowest BCUT2D eigenvalue weighted by Crippen LogP contribution is -2.02. The fraction of sp³-hybridized carbons (Fsp3) is 0.125. The van der Waals surface area contributed by atoms with E-state index in [1.165, 1.54) is 0 Å². The molecule has 20 heavy (non-hydrogen) atoms. The normalized spacial score (nSPS) is 10.4. The summed E-state index contributed by atoms with van der Waals surface area (Å²) in [6, 6.07) is 10.5. The van der Waals surface area contributed by atoms with Gasteiger partial charge in [0.25, 0.3) is 10.5 Å². The molecule has 0 heterocycles. The van der Waals surface area contributed by atoms with Crippen molar-refractivity contribution in [3.8, 4) is 11.1 Å². The average molecular weight is 307 g/mol. The van der Waals surface area contributed by atoms with Crippen LogP contribution in [0, 0.1) is 13.8 Å². The molecule has 0 aliphatic rings. The highest BCUT2D eigenvalue weighted by Gasteiger charge is 2.19. The van der Waals surface area contributed by atoms with Gasteiger partial charge >= 0.3 is 0 Å². The van der Waals surface area contributed by atoms with Crippen LogP contribution < -0.4 is 0 Å². The second-order valence-corrected chi connectivity index (χ2v) is 5.23. The molecule has 4 heteroatoms. The summed E-state index contributed by atoms with van der Waals surface area (Å²) in [7, 11) is 0. The smallest absolute Gasteiger partial charge is 0.253 e. The summed E-state index contributed by atoms with van der Waals surface area (Å²) >= 11 is 11.3. The SMILES string of the molecule is Cc1cccc(C(=O)Cl)c1-c1c(C)cccc1C(=O)Cl. The summed E-state index contributed by atoms with van der Waals surface area (Å²) in [4.78, 5) is 23.3. The number of halogens is 2. The molecular weight excluding hydrogens is 295 g/mol. The van der Waals surface area contributed by atoms with Crippen molar-refractivity contribution in [2.75, 3.05) is 0 Å². The van der Waals surface area contributed by atoms with Crippen molar-refractivity contribution in [3.05, 3.63) is 58.7 Å². The Morgan fingerprint density at radius 1 is 0.750 bits per heavy atom. The fourth-order valence-electron chi connectivity index (χ4n) is 2.33. The zero-order chi connectivity index (χ0) is 14.9. The van der Waals surface area contributed by atoms with Crippen LogP contribution in [-0.4, -0.2) is 10.5 Å². The molecule has 0 N–H and O–H groups in total. The summed E-state index contributed by atoms with van der Waals surface area (Å²) in [6.45, 7) is 3.74. The van der Waals surface area contributed by atoms with E-state index in [0.717, 1.165) is 11.1 Å². The van der Waals surface area contributed by atoms with Crippen LogP contribution in [-0.2, 0) is 0 Å². The summed E-state index contributed by atoms with van der Waals surface area (Å²) < 4.78 is 0. The van der Waals surface area contributed by atoms with Crippen LogP contribution in [0.25, 0.3) is 11.1 Å². The molecule has 0 saturated heterocycles. The average Bonchev–Trinajstić information content (AvgIpc) is 2.38. The summed E-state index contributed by atoms with van der Waals surface area (Å²) in [5.41, 5.74) is 3.81. The van der Waals surface area contributed by atoms with Gasteiger partial charge in [-0.2, -0.15) is 0 Å². The third-order valence-electron chi connectivity index (χ3n) is 3.22. The number of carbonyl (C=O) groups is 2. The first-order valence-corrected chi connectivity index (χ1v) is 6.78. The lowest BCUT2D eigenvalue weighted by molar-refractivity contribution is 0.107. The largest absolute Gasteiger partial charge is 0.276 e. The van der Waals surface area contributed by atoms with Crippen LogP contribution in [0.3, 0.4) is 0 Å². The van der Waals surface area contributed by atoms with Crippen LogP contribution in [0.1, 0.15) is 31.8 Å². The molecule has 0 amide bonds. The van der Waals surface area contributed by atoms with Gasteiger partial charge in [0.15, 0.2) is 0 Å². The Kier molecular flexibility index (Phi) is 4.26. The Morgan fingerprint density at radius 3 is 1.40 bits per heavy atom. The first-order valence-electron chi connectivity index (χ1n) is 6.02. The van der Waals surface area contributed by atoms with Crippen LogP contribution >= 0.6 is 23.2 Å². The first-order chi connectivity index (χ1) is 9.43. The highest BCUT2D eigenvalue weighted by atomic mass is 35.5. The molecule has 0 radical (unpaired) electrons. The maximum atomic E-state index is 11.6. The Labute approximate surface area is 127 Å². The van der Waals surface area contributed by atoms with Crippen molar-refractivity contribution in [1.29, 1.82) is 0 Å². The van der Waals surface area contributed by atoms with Gasteiger partial charge in [-0.05, 0) is 71.4 Å². The van der Waals surface area contributed by atoms with Gasteiger partial charge in [-0.1, -0.05) is 24.3 Å². The number of hydrogen-bond donors (Lipinski definition) is 0. The molecule has 0 bridgehead atoms. The summed E-state index contributed by atoms with van der Waals surface area (Å²) in [6.07, 6.45) is 0. The minimum Gasteiger partial charge on any atom is -0.276 e. The van der Waals surface area contributed by atoms with E-state index in [1.54, 1.807) is 24.3 Å². The van der Waals surface area contributed by atoms with Gasteiger partial charge in [-0.3, -0.25) is 9.59 Å². The lowest BCUT2D eigenvalue weighted by atomic mass is 9.89. The fourth-order valence-corrected chi connectivity index (χ4v) is 2.64. The quantitative estimate of drug-likeness (QED) is 0.768. The van der Waals surface area contributed by atoms with Crippen LogP contribution in [0.5, 0.6) is 0 Å². The Bertz CT molecular complexity index is 644. The van der Waals surface area contributed by atoms with Crippen molar-refractivity contribution in [2.45, 2.75) is 13.8 Å². The van der Waals surface area contributed by atoms with E-state index in [1.807, 2.05) is 26.0 Å². The molecule has 2 rings (SSSR count). The number of aryl methyl sites for hydroxylation is 2. The van der Waals surface area contributed by atoms with Crippen molar-refractivity contribution < 1.29 is 9.59 Å². The van der Waals surface area contributed by atoms with E-state index in [-0.39, 0.29) is 0 Å². The first kappa shape index (κ1) is 14.8. The van der Waals surface area contributed by atoms with E-state index >= 15 is 0 Å². The van der Waals surface area contributed by atoms with Gasteiger partial charge in [-0.15, -0.1) is 0 Å². The minimum absolute atomic E-state index is 0.375. The Morgan fingerprint density at radius 2 is 1.10 bits per heavy atom. The molecule has 0 saturated carbocycles. The molecule has 2 nitrogen and oxygen atoms in total. The predicted octanol–water partition coefficient (Wildman–Crippen LogP) is 4.73. The van der Waals surface area contributed by atoms with Gasteiger partial charge in [-0.25, -0.2) is 0 Å². The molecule has 0 spiro atoms. The monoisotopic (exact) mass is 306 g/mol. The maximum absolute atomic E-state index is 11.6. The summed E-state index contributed by atoms with van der Waals surface area (Å²) in [5, 5.41) is -1.11. The highest BCUT2D eigenvalue weighted by molar-refractivity contribution is 6.69. The second-order valence-electron chi connectivity index (χ2n) is 4.54. The minimum atomic E-state index is -0.556. The van der Waals surface area contributed by atoms with Crippen molar-refractivity contribution in [1.82, 2.24) is 0 Å². The third kappa shape index (κ3) is 2.62. The third-order valence-corrected chi connectivity index (χ3v) is 3.63.